The summed E-state index contributed by atoms with van der Waals surface area (Å²) >= 11 is 0. The first-order chi connectivity index (χ1) is 6.40. The molecule has 2 aromatic rings. The molecule has 0 aliphatic carbocycles. The first-order valence-electron chi connectivity index (χ1n) is 3.59. The van der Waals surface area contributed by atoms with Crippen molar-refractivity contribution in [3.63, 3.8) is 0 Å². The molecule has 64 valence electrons. The molecule has 0 amide bonds. The van der Waals surface area contributed by atoms with Crippen LogP contribution < -0.4 is 0 Å². The van der Waals surface area contributed by atoms with Crippen molar-refractivity contribution in [2.45, 2.75) is 0 Å². The summed E-state index contributed by atoms with van der Waals surface area (Å²) in [4.78, 5) is 8.14. The zero-order chi connectivity index (χ0) is 9.10. The number of rotatable bonds is 2. The fraction of sp³-hybridized carbons (Fsp3) is 0. The molecule has 2 rings (SSSR count). The van der Waals surface area contributed by atoms with Gasteiger partial charge in [-0.2, -0.15) is 0 Å². The minimum Gasteiger partial charge on any atom is -0.253 e. The molecule has 0 aromatic carbocycles. The molecule has 0 aliphatic rings. The third-order valence-corrected chi connectivity index (χ3v) is 1.47. The summed E-state index contributed by atoms with van der Waals surface area (Å²) in [6.45, 7) is 3.57. The first-order valence-corrected chi connectivity index (χ1v) is 3.59. The van der Waals surface area contributed by atoms with Crippen LogP contribution in [0.1, 0.15) is 5.69 Å². The molecule has 0 radical (unpaired) electrons. The van der Waals surface area contributed by atoms with Gasteiger partial charge >= 0.3 is 0 Å². The van der Waals surface area contributed by atoms with Crippen LogP contribution >= 0.6 is 0 Å². The fourth-order valence-corrected chi connectivity index (χ4v) is 0.833. The molecule has 2 aromatic heterocycles. The van der Waals surface area contributed by atoms with Crippen LogP contribution in [0.25, 0.3) is 17.6 Å². The Bertz CT molecular complexity index is 389. The van der Waals surface area contributed by atoms with Gasteiger partial charge in [0.2, 0.25) is 0 Å². The van der Waals surface area contributed by atoms with Gasteiger partial charge in [0, 0.05) is 0 Å². The number of aromatic nitrogens is 6. The Hall–Kier alpha value is -2.11. The number of tetrazole rings is 1. The minimum atomic E-state index is 0.503. The van der Waals surface area contributed by atoms with Crippen LogP contribution in [-0.4, -0.2) is 30.6 Å². The Morgan fingerprint density at radius 3 is 2.77 bits per heavy atom. The van der Waals surface area contributed by atoms with Gasteiger partial charge in [0.15, 0.2) is 5.82 Å². The molecule has 6 nitrogen and oxygen atoms in total. The van der Waals surface area contributed by atoms with Crippen LogP contribution in [0, 0.1) is 0 Å². The van der Waals surface area contributed by atoms with E-state index in [4.69, 9.17) is 0 Å². The van der Waals surface area contributed by atoms with Crippen molar-refractivity contribution in [3.8, 4) is 11.5 Å². The molecule has 0 atom stereocenters. The van der Waals surface area contributed by atoms with E-state index in [2.05, 4.69) is 37.2 Å². The molecule has 0 bridgehead atoms. The van der Waals surface area contributed by atoms with Crippen molar-refractivity contribution in [1.29, 1.82) is 0 Å². The van der Waals surface area contributed by atoms with E-state index in [1.54, 1.807) is 18.5 Å². The average Bonchev–Trinajstić information content (AvgIpc) is 2.71. The third kappa shape index (κ3) is 1.41. The summed E-state index contributed by atoms with van der Waals surface area (Å²) in [5, 5.41) is 13.2. The molecule has 2 heterocycles. The van der Waals surface area contributed by atoms with Crippen molar-refractivity contribution in [2.24, 2.45) is 0 Å². The van der Waals surface area contributed by atoms with Crippen LogP contribution in [-0.2, 0) is 0 Å². The lowest BCUT2D eigenvalue weighted by Gasteiger charge is -1.93. The van der Waals surface area contributed by atoms with Crippen molar-refractivity contribution < 1.29 is 0 Å². The number of aromatic amines is 1. The molecule has 0 spiro atoms. The largest absolute Gasteiger partial charge is 0.253 e. The number of nitrogens with zero attached hydrogens (tertiary/aromatic N) is 5. The van der Waals surface area contributed by atoms with Gasteiger partial charge in [-0.15, -0.1) is 5.10 Å². The predicted octanol–water partition coefficient (Wildman–Crippen LogP) is 0.300. The van der Waals surface area contributed by atoms with E-state index in [0.29, 0.717) is 11.5 Å². The monoisotopic (exact) mass is 174 g/mol. The summed E-state index contributed by atoms with van der Waals surface area (Å²) in [5.41, 5.74) is 1.33. The molecular formula is C7H6N6. The molecule has 1 N–H and O–H groups in total. The number of hydrogen-bond donors (Lipinski definition) is 1. The lowest BCUT2D eigenvalue weighted by atomic mass is 10.4. The van der Waals surface area contributed by atoms with Crippen molar-refractivity contribution in [3.05, 3.63) is 24.7 Å². The van der Waals surface area contributed by atoms with Crippen LogP contribution in [0.4, 0.5) is 0 Å². The van der Waals surface area contributed by atoms with E-state index in [1.165, 1.54) is 0 Å². The Morgan fingerprint density at radius 2 is 2.23 bits per heavy atom. The van der Waals surface area contributed by atoms with E-state index < -0.39 is 0 Å². The lowest BCUT2D eigenvalue weighted by molar-refractivity contribution is 0.881. The summed E-state index contributed by atoms with van der Waals surface area (Å²) in [6.07, 6.45) is 4.81. The van der Waals surface area contributed by atoms with Gasteiger partial charge in [-0.25, -0.2) is 10.1 Å². The zero-order valence-corrected chi connectivity index (χ0v) is 6.68. The zero-order valence-electron chi connectivity index (χ0n) is 6.68. The van der Waals surface area contributed by atoms with Gasteiger partial charge in [0.1, 0.15) is 5.69 Å². The predicted molar refractivity (Wildman–Crippen MR) is 45.3 cm³/mol. The van der Waals surface area contributed by atoms with Crippen LogP contribution in [0.5, 0.6) is 0 Å². The minimum absolute atomic E-state index is 0.503. The molecule has 6 heteroatoms. The van der Waals surface area contributed by atoms with Gasteiger partial charge in [-0.3, -0.25) is 4.98 Å². The Kier molecular flexibility index (Phi) is 1.79. The molecule has 0 saturated heterocycles. The molecular weight excluding hydrogens is 168 g/mol. The second kappa shape index (κ2) is 3.10. The fourth-order valence-electron chi connectivity index (χ4n) is 0.833. The first kappa shape index (κ1) is 7.53. The highest BCUT2D eigenvalue weighted by molar-refractivity contribution is 5.48. The molecule has 0 unspecified atom stereocenters. The Balaban J connectivity index is 2.38. The van der Waals surface area contributed by atoms with Crippen molar-refractivity contribution in [2.75, 3.05) is 0 Å². The van der Waals surface area contributed by atoms with Crippen molar-refractivity contribution >= 4 is 6.08 Å². The highest BCUT2D eigenvalue weighted by Gasteiger charge is 2.02. The van der Waals surface area contributed by atoms with Crippen LogP contribution in [0.2, 0.25) is 0 Å². The molecule has 0 fully saturated rings. The van der Waals surface area contributed by atoms with E-state index in [9.17, 15) is 0 Å². The molecule has 13 heavy (non-hydrogen) atoms. The summed E-state index contributed by atoms with van der Waals surface area (Å²) in [7, 11) is 0. The van der Waals surface area contributed by atoms with Gasteiger partial charge in [0.05, 0.1) is 18.1 Å². The second-order valence-electron chi connectivity index (χ2n) is 2.28. The third-order valence-electron chi connectivity index (χ3n) is 1.47. The quantitative estimate of drug-likeness (QED) is 0.708. The second-order valence-corrected chi connectivity index (χ2v) is 2.28. The SMILES string of the molecule is C=Cc1cnc(-c2nnn[nH]2)cn1. The standard InChI is InChI=1S/C7H6N6/c1-2-5-3-9-6(4-8-5)7-10-12-13-11-7/h2-4H,1H2,(H,10,11,12,13). The topological polar surface area (TPSA) is 80.2 Å². The summed E-state index contributed by atoms with van der Waals surface area (Å²) in [6, 6.07) is 0. The molecule has 0 saturated carbocycles. The maximum absolute atomic E-state index is 4.08. The maximum atomic E-state index is 4.08. The Morgan fingerprint density at radius 1 is 1.31 bits per heavy atom. The smallest absolute Gasteiger partial charge is 0.199 e. The van der Waals surface area contributed by atoms with E-state index in [1.807, 2.05) is 0 Å². The van der Waals surface area contributed by atoms with Gasteiger partial charge in [-0.1, -0.05) is 6.58 Å². The number of hydrogen-bond acceptors (Lipinski definition) is 5. The summed E-state index contributed by atoms with van der Waals surface area (Å²) < 4.78 is 0. The van der Waals surface area contributed by atoms with Crippen LogP contribution in [0.3, 0.4) is 0 Å². The van der Waals surface area contributed by atoms with E-state index in [-0.39, 0.29) is 0 Å². The van der Waals surface area contributed by atoms with Crippen LogP contribution in [0.15, 0.2) is 19.0 Å². The van der Waals surface area contributed by atoms with E-state index in [0.717, 1.165) is 5.69 Å². The van der Waals surface area contributed by atoms with Crippen molar-refractivity contribution in [1.82, 2.24) is 30.6 Å². The highest BCUT2D eigenvalue weighted by Crippen LogP contribution is 2.07. The highest BCUT2D eigenvalue weighted by atomic mass is 15.5. The van der Waals surface area contributed by atoms with Gasteiger partial charge in [0.25, 0.3) is 0 Å². The summed E-state index contributed by atoms with van der Waals surface area (Å²) in [5.74, 6) is 0.503. The Labute approximate surface area is 73.7 Å². The van der Waals surface area contributed by atoms with Gasteiger partial charge in [-0.05, 0) is 16.5 Å². The normalized spacial score (nSPS) is 9.85. The number of nitrogens with one attached hydrogen (secondary N) is 1. The van der Waals surface area contributed by atoms with E-state index >= 15 is 0 Å². The average molecular weight is 174 g/mol. The maximum Gasteiger partial charge on any atom is 0.199 e. The van der Waals surface area contributed by atoms with Gasteiger partial charge < -0.3 is 0 Å². The lowest BCUT2D eigenvalue weighted by Crippen LogP contribution is -1.89. The number of H-pyrrole nitrogens is 1. The molecule has 0 aliphatic heterocycles.